The highest BCUT2D eigenvalue weighted by molar-refractivity contribution is 7.80. The minimum atomic E-state index is 0.409. The first kappa shape index (κ1) is 21.8. The Morgan fingerprint density at radius 1 is 0.969 bits per heavy atom. The molecule has 0 aliphatic carbocycles. The lowest BCUT2D eigenvalue weighted by atomic mass is 10.1. The minimum Gasteiger partial charge on any atom is -0.497 e. The molecule has 3 aromatic rings. The van der Waals surface area contributed by atoms with Gasteiger partial charge in [0.25, 0.3) is 0 Å². The first-order chi connectivity index (χ1) is 15.7. The van der Waals surface area contributed by atoms with Gasteiger partial charge in [-0.15, -0.1) is 0 Å². The van der Waals surface area contributed by atoms with Gasteiger partial charge in [-0.25, -0.2) is 0 Å². The lowest BCUT2D eigenvalue weighted by Crippen LogP contribution is -2.31. The van der Waals surface area contributed by atoms with Crippen molar-refractivity contribution in [3.05, 3.63) is 66.2 Å². The van der Waals surface area contributed by atoms with Crippen LogP contribution >= 0.6 is 12.2 Å². The van der Waals surface area contributed by atoms with Crippen molar-refractivity contribution < 1.29 is 9.47 Å². The molecule has 2 aromatic carbocycles. The molecule has 7 nitrogen and oxygen atoms in total. The van der Waals surface area contributed by atoms with Crippen LogP contribution in [0.5, 0.6) is 17.4 Å². The second-order valence-corrected chi connectivity index (χ2v) is 7.91. The molecule has 1 fully saturated rings. The van der Waals surface area contributed by atoms with Crippen molar-refractivity contribution in [1.82, 2.24) is 15.3 Å². The topological polar surface area (TPSA) is 71.5 Å². The number of aromatic nitrogens is 2. The number of hydrogen-bond donors (Lipinski definition) is 2. The zero-order valence-corrected chi connectivity index (χ0v) is 18.9. The predicted octanol–water partition coefficient (Wildman–Crippen LogP) is 4.75. The van der Waals surface area contributed by atoms with Crippen LogP contribution in [0.4, 0.5) is 11.8 Å². The lowest BCUT2D eigenvalue weighted by Gasteiger charge is -2.28. The molecule has 32 heavy (non-hydrogen) atoms. The van der Waals surface area contributed by atoms with E-state index < -0.39 is 0 Å². The van der Waals surface area contributed by atoms with Gasteiger partial charge in [0.2, 0.25) is 11.8 Å². The van der Waals surface area contributed by atoms with Crippen molar-refractivity contribution in [3.8, 4) is 17.4 Å². The SMILES string of the molecule is COc1ccc(CNC(=S)Nc2nc(Oc3ccccc3)cc(N3CCCCC3)n2)cc1. The summed E-state index contributed by atoms with van der Waals surface area (Å²) in [5.74, 6) is 3.27. The van der Waals surface area contributed by atoms with Gasteiger partial charge in [-0.3, -0.25) is 0 Å². The minimum absolute atomic E-state index is 0.409. The van der Waals surface area contributed by atoms with Crippen molar-refractivity contribution in [2.24, 2.45) is 0 Å². The summed E-state index contributed by atoms with van der Waals surface area (Å²) in [7, 11) is 1.65. The number of nitrogens with one attached hydrogen (secondary N) is 2. The zero-order valence-electron chi connectivity index (χ0n) is 18.1. The molecule has 1 saturated heterocycles. The maximum atomic E-state index is 5.99. The first-order valence-electron chi connectivity index (χ1n) is 10.7. The van der Waals surface area contributed by atoms with Crippen LogP contribution in [0.3, 0.4) is 0 Å². The standard InChI is InChI=1S/C24H27N5O2S/c1-30-19-12-10-18(11-13-19)17-25-24(32)28-23-26-21(29-14-6-3-7-15-29)16-22(27-23)31-20-8-4-2-5-9-20/h2,4-5,8-13,16H,3,6-7,14-15,17H2,1H3,(H2,25,26,27,28,32). The summed E-state index contributed by atoms with van der Waals surface area (Å²) >= 11 is 5.48. The summed E-state index contributed by atoms with van der Waals surface area (Å²) in [6, 6.07) is 19.3. The van der Waals surface area contributed by atoms with E-state index >= 15 is 0 Å². The summed E-state index contributed by atoms with van der Waals surface area (Å²) in [5, 5.41) is 6.75. The highest BCUT2D eigenvalue weighted by Gasteiger charge is 2.16. The number of benzene rings is 2. The molecule has 1 aliphatic heterocycles. The average molecular weight is 450 g/mol. The fourth-order valence-electron chi connectivity index (χ4n) is 3.49. The van der Waals surface area contributed by atoms with Crippen molar-refractivity contribution in [2.75, 3.05) is 30.4 Å². The number of thiocarbonyl (C=S) groups is 1. The fraction of sp³-hybridized carbons (Fsp3) is 0.292. The Balaban J connectivity index is 1.46. The van der Waals surface area contributed by atoms with E-state index in [-0.39, 0.29) is 0 Å². The smallest absolute Gasteiger partial charge is 0.234 e. The molecule has 0 unspecified atom stereocenters. The molecule has 0 saturated carbocycles. The van der Waals surface area contributed by atoms with E-state index in [1.165, 1.54) is 6.42 Å². The van der Waals surface area contributed by atoms with Crippen LogP contribution in [-0.4, -0.2) is 35.3 Å². The van der Waals surface area contributed by atoms with Crippen LogP contribution in [0.2, 0.25) is 0 Å². The van der Waals surface area contributed by atoms with Crippen LogP contribution in [0.15, 0.2) is 60.7 Å². The van der Waals surface area contributed by atoms with Gasteiger partial charge < -0.3 is 25.0 Å². The Morgan fingerprint density at radius 3 is 2.44 bits per heavy atom. The summed E-state index contributed by atoms with van der Waals surface area (Å²) < 4.78 is 11.2. The molecule has 1 aliphatic rings. The van der Waals surface area contributed by atoms with Gasteiger partial charge in [-0.1, -0.05) is 30.3 Å². The number of ether oxygens (including phenoxy) is 2. The molecular weight excluding hydrogens is 422 g/mol. The van der Waals surface area contributed by atoms with Gasteiger partial charge in [0.1, 0.15) is 17.3 Å². The largest absolute Gasteiger partial charge is 0.497 e. The molecule has 1 aromatic heterocycles. The van der Waals surface area contributed by atoms with E-state index in [9.17, 15) is 0 Å². The van der Waals surface area contributed by atoms with Crippen LogP contribution in [0, 0.1) is 0 Å². The highest BCUT2D eigenvalue weighted by Crippen LogP contribution is 2.26. The maximum Gasteiger partial charge on any atom is 0.234 e. The van der Waals surface area contributed by atoms with Gasteiger partial charge in [-0.2, -0.15) is 9.97 Å². The quantitative estimate of drug-likeness (QED) is 0.501. The van der Waals surface area contributed by atoms with Crippen LogP contribution in [0.1, 0.15) is 24.8 Å². The summed E-state index contributed by atoms with van der Waals surface area (Å²) in [6.07, 6.45) is 3.56. The van der Waals surface area contributed by atoms with Gasteiger partial charge in [0, 0.05) is 25.7 Å². The van der Waals surface area contributed by atoms with Crippen LogP contribution in [-0.2, 0) is 6.54 Å². The molecule has 4 rings (SSSR count). The molecule has 166 valence electrons. The van der Waals surface area contributed by atoms with E-state index in [0.717, 1.165) is 48.8 Å². The summed E-state index contributed by atoms with van der Waals surface area (Å²) in [5.41, 5.74) is 1.09. The van der Waals surface area contributed by atoms with Crippen molar-refractivity contribution in [1.29, 1.82) is 0 Å². The Labute approximate surface area is 193 Å². The first-order valence-corrected chi connectivity index (χ1v) is 11.1. The van der Waals surface area contributed by atoms with Gasteiger partial charge in [0.15, 0.2) is 5.11 Å². The molecule has 0 amide bonds. The molecular formula is C24H27N5O2S. The number of para-hydroxylation sites is 1. The van der Waals surface area contributed by atoms with Crippen LogP contribution in [0.25, 0.3) is 0 Å². The Kier molecular flexibility index (Phi) is 7.34. The Bertz CT molecular complexity index is 1020. The second-order valence-electron chi connectivity index (χ2n) is 7.51. The molecule has 8 heteroatoms. The van der Waals surface area contributed by atoms with Crippen molar-refractivity contribution in [3.63, 3.8) is 0 Å². The third-order valence-corrected chi connectivity index (χ3v) is 5.42. The van der Waals surface area contributed by atoms with E-state index in [1.807, 2.05) is 60.7 Å². The number of methoxy groups -OCH3 is 1. The lowest BCUT2D eigenvalue weighted by molar-refractivity contribution is 0.414. The normalized spacial score (nSPS) is 13.3. The van der Waals surface area contributed by atoms with Gasteiger partial charge in [-0.05, 0) is 61.3 Å². The number of rotatable bonds is 7. The number of piperidine rings is 1. The van der Waals surface area contributed by atoms with E-state index in [1.54, 1.807) is 7.11 Å². The maximum absolute atomic E-state index is 5.99. The molecule has 0 spiro atoms. The third-order valence-electron chi connectivity index (χ3n) is 5.17. The molecule has 0 radical (unpaired) electrons. The molecule has 0 bridgehead atoms. The van der Waals surface area contributed by atoms with Crippen molar-refractivity contribution >= 4 is 29.1 Å². The second kappa shape index (κ2) is 10.8. The monoisotopic (exact) mass is 449 g/mol. The van der Waals surface area contributed by atoms with Crippen LogP contribution < -0.4 is 25.0 Å². The van der Waals surface area contributed by atoms with Gasteiger partial charge in [0.05, 0.1) is 7.11 Å². The Morgan fingerprint density at radius 2 is 1.72 bits per heavy atom. The third kappa shape index (κ3) is 6.07. The number of anilines is 2. The van der Waals surface area contributed by atoms with E-state index in [2.05, 4.69) is 20.5 Å². The average Bonchev–Trinajstić information content (AvgIpc) is 2.84. The predicted molar refractivity (Wildman–Crippen MR) is 131 cm³/mol. The molecule has 0 atom stereocenters. The summed E-state index contributed by atoms with van der Waals surface area (Å²) in [6.45, 7) is 2.53. The number of hydrogen-bond acceptors (Lipinski definition) is 6. The number of nitrogens with zero attached hydrogens (tertiary/aromatic N) is 3. The van der Waals surface area contributed by atoms with Gasteiger partial charge >= 0.3 is 0 Å². The summed E-state index contributed by atoms with van der Waals surface area (Å²) in [4.78, 5) is 11.5. The molecule has 2 N–H and O–H groups in total. The fourth-order valence-corrected chi connectivity index (χ4v) is 3.65. The highest BCUT2D eigenvalue weighted by atomic mass is 32.1. The molecule has 2 heterocycles. The Hall–Kier alpha value is -3.39. The van der Waals surface area contributed by atoms with Crippen molar-refractivity contribution in [2.45, 2.75) is 25.8 Å². The van der Waals surface area contributed by atoms with E-state index in [4.69, 9.17) is 26.7 Å². The zero-order chi connectivity index (χ0) is 22.2. The van der Waals surface area contributed by atoms with E-state index in [0.29, 0.717) is 23.5 Å².